The number of aromatic nitrogens is 2. The van der Waals surface area contributed by atoms with E-state index in [-0.39, 0.29) is 11.2 Å². The van der Waals surface area contributed by atoms with Gasteiger partial charge < -0.3 is 10.1 Å². The lowest BCUT2D eigenvalue weighted by Crippen LogP contribution is -2.22. The molecule has 1 heterocycles. The van der Waals surface area contributed by atoms with Crippen molar-refractivity contribution < 1.29 is 9.53 Å². The topological polar surface area (TPSA) is 64.1 Å². The number of ether oxygens (including phenoxy) is 1. The van der Waals surface area contributed by atoms with E-state index in [1.807, 2.05) is 85.8 Å². The first-order valence-electron chi connectivity index (χ1n) is 9.63. The molecule has 0 saturated heterocycles. The summed E-state index contributed by atoms with van der Waals surface area (Å²) >= 11 is 1.42. The second-order valence-corrected chi connectivity index (χ2v) is 8.07. The Labute approximate surface area is 179 Å². The molecule has 1 aromatic heterocycles. The number of thioether (sulfide) groups is 1. The number of para-hydroxylation sites is 1. The molecule has 0 unspecified atom stereocenters. The summed E-state index contributed by atoms with van der Waals surface area (Å²) in [5.74, 6) is 0.673. The standard InChI is InChI=1S/C24H21N3O2S/c1-17(30-24-21-9-5-6-10-22(21)25-16-26-24)23(28)27-19-11-13-20(14-12-19)29-15-18-7-3-2-4-8-18/h2-14,16-17H,15H2,1H3,(H,27,28)/t17-/m1/s1. The molecule has 0 fully saturated rings. The summed E-state index contributed by atoms with van der Waals surface area (Å²) in [4.78, 5) is 21.3. The maximum Gasteiger partial charge on any atom is 0.237 e. The number of nitrogens with zero attached hydrogens (tertiary/aromatic N) is 2. The molecule has 0 aliphatic rings. The van der Waals surface area contributed by atoms with Crippen LogP contribution in [-0.4, -0.2) is 21.1 Å². The number of hydrogen-bond acceptors (Lipinski definition) is 5. The fraction of sp³-hybridized carbons (Fsp3) is 0.125. The minimum atomic E-state index is -0.308. The predicted octanol–water partition coefficient (Wildman–Crippen LogP) is 5.33. The van der Waals surface area contributed by atoms with Gasteiger partial charge in [-0.25, -0.2) is 9.97 Å². The quantitative estimate of drug-likeness (QED) is 0.327. The third-order valence-corrected chi connectivity index (χ3v) is 5.65. The maximum absolute atomic E-state index is 12.6. The van der Waals surface area contributed by atoms with Gasteiger partial charge in [0, 0.05) is 11.1 Å². The van der Waals surface area contributed by atoms with Gasteiger partial charge in [-0.05, 0) is 42.8 Å². The van der Waals surface area contributed by atoms with E-state index in [0.717, 1.165) is 32.9 Å². The molecule has 1 atom stereocenters. The van der Waals surface area contributed by atoms with Crippen molar-refractivity contribution >= 4 is 34.3 Å². The van der Waals surface area contributed by atoms with Crippen LogP contribution < -0.4 is 10.1 Å². The minimum absolute atomic E-state index is 0.0827. The molecule has 0 saturated carbocycles. The number of rotatable bonds is 7. The van der Waals surface area contributed by atoms with E-state index in [1.165, 1.54) is 18.1 Å². The molecule has 0 radical (unpaired) electrons. The van der Waals surface area contributed by atoms with Crippen LogP contribution in [0.1, 0.15) is 12.5 Å². The van der Waals surface area contributed by atoms with Crippen molar-refractivity contribution in [2.75, 3.05) is 5.32 Å². The van der Waals surface area contributed by atoms with Crippen LogP contribution >= 0.6 is 11.8 Å². The smallest absolute Gasteiger partial charge is 0.237 e. The molecule has 0 aliphatic heterocycles. The Morgan fingerprint density at radius 3 is 2.50 bits per heavy atom. The van der Waals surface area contributed by atoms with Crippen LogP contribution in [0.15, 0.2) is 90.2 Å². The third-order valence-electron chi connectivity index (χ3n) is 4.53. The minimum Gasteiger partial charge on any atom is -0.489 e. The Morgan fingerprint density at radius 2 is 1.70 bits per heavy atom. The molecular formula is C24H21N3O2S. The largest absolute Gasteiger partial charge is 0.489 e. The zero-order chi connectivity index (χ0) is 20.8. The summed E-state index contributed by atoms with van der Waals surface area (Å²) in [6, 6.07) is 25.2. The van der Waals surface area contributed by atoms with E-state index in [0.29, 0.717) is 6.61 Å². The molecule has 1 N–H and O–H groups in total. The molecule has 150 valence electrons. The van der Waals surface area contributed by atoms with E-state index >= 15 is 0 Å². The summed E-state index contributed by atoms with van der Waals surface area (Å²) in [6.45, 7) is 2.38. The molecule has 5 nitrogen and oxygen atoms in total. The second-order valence-electron chi connectivity index (χ2n) is 6.74. The Kier molecular flexibility index (Phi) is 6.25. The van der Waals surface area contributed by atoms with E-state index in [1.54, 1.807) is 0 Å². The van der Waals surface area contributed by atoms with Gasteiger partial charge in [0.2, 0.25) is 5.91 Å². The van der Waals surface area contributed by atoms with Crippen molar-refractivity contribution in [2.45, 2.75) is 23.8 Å². The molecule has 30 heavy (non-hydrogen) atoms. The highest BCUT2D eigenvalue weighted by molar-refractivity contribution is 8.00. The highest BCUT2D eigenvalue weighted by Crippen LogP contribution is 2.28. The lowest BCUT2D eigenvalue weighted by atomic mass is 10.2. The van der Waals surface area contributed by atoms with Crippen LogP contribution in [0.25, 0.3) is 10.9 Å². The molecule has 1 amide bonds. The van der Waals surface area contributed by atoms with Gasteiger partial charge in [-0.1, -0.05) is 60.3 Å². The fourth-order valence-corrected chi connectivity index (χ4v) is 3.82. The SMILES string of the molecule is C[C@@H](Sc1ncnc2ccccc12)C(=O)Nc1ccc(OCc2ccccc2)cc1. The first-order valence-corrected chi connectivity index (χ1v) is 10.5. The van der Waals surface area contributed by atoms with Gasteiger partial charge in [0.25, 0.3) is 0 Å². The van der Waals surface area contributed by atoms with Crippen molar-refractivity contribution in [3.63, 3.8) is 0 Å². The lowest BCUT2D eigenvalue weighted by molar-refractivity contribution is -0.115. The summed E-state index contributed by atoms with van der Waals surface area (Å²) in [5, 5.41) is 4.39. The van der Waals surface area contributed by atoms with Gasteiger partial charge >= 0.3 is 0 Å². The summed E-state index contributed by atoms with van der Waals surface area (Å²) in [7, 11) is 0. The maximum atomic E-state index is 12.6. The third kappa shape index (κ3) is 4.96. The molecule has 4 rings (SSSR count). The molecule has 3 aromatic carbocycles. The molecule has 4 aromatic rings. The van der Waals surface area contributed by atoms with E-state index < -0.39 is 0 Å². The number of amides is 1. The van der Waals surface area contributed by atoms with Gasteiger partial charge in [-0.3, -0.25) is 4.79 Å². The molecule has 0 aliphatic carbocycles. The number of carbonyl (C=O) groups is 1. The first kappa shape index (κ1) is 19.9. The fourth-order valence-electron chi connectivity index (χ4n) is 2.91. The summed E-state index contributed by atoms with van der Waals surface area (Å²) < 4.78 is 5.79. The number of anilines is 1. The predicted molar refractivity (Wildman–Crippen MR) is 121 cm³/mol. The number of fused-ring (bicyclic) bond motifs is 1. The highest BCUT2D eigenvalue weighted by Gasteiger charge is 2.17. The van der Waals surface area contributed by atoms with Gasteiger partial charge in [0.15, 0.2) is 0 Å². The van der Waals surface area contributed by atoms with Gasteiger partial charge in [0.05, 0.1) is 10.8 Å². The Hall–Kier alpha value is -3.38. The molecular weight excluding hydrogens is 394 g/mol. The van der Waals surface area contributed by atoms with Gasteiger partial charge in [-0.15, -0.1) is 0 Å². The van der Waals surface area contributed by atoms with Crippen LogP contribution in [0.2, 0.25) is 0 Å². The van der Waals surface area contributed by atoms with E-state index in [9.17, 15) is 4.79 Å². The van der Waals surface area contributed by atoms with Crippen LogP contribution in [0.3, 0.4) is 0 Å². The average Bonchev–Trinajstić information content (AvgIpc) is 2.79. The van der Waals surface area contributed by atoms with E-state index in [2.05, 4.69) is 15.3 Å². The zero-order valence-corrected chi connectivity index (χ0v) is 17.3. The molecule has 0 spiro atoms. The Morgan fingerprint density at radius 1 is 0.967 bits per heavy atom. The van der Waals surface area contributed by atoms with Crippen molar-refractivity contribution in [1.82, 2.24) is 9.97 Å². The molecule has 6 heteroatoms. The van der Waals surface area contributed by atoms with Crippen molar-refractivity contribution in [3.05, 3.63) is 90.8 Å². The van der Waals surface area contributed by atoms with Crippen LogP contribution in [-0.2, 0) is 11.4 Å². The normalized spacial score (nSPS) is 11.8. The Balaban J connectivity index is 1.35. The number of carbonyl (C=O) groups excluding carboxylic acids is 1. The van der Waals surface area contributed by atoms with Crippen molar-refractivity contribution in [3.8, 4) is 5.75 Å². The van der Waals surface area contributed by atoms with Crippen molar-refractivity contribution in [2.24, 2.45) is 0 Å². The summed E-state index contributed by atoms with van der Waals surface area (Å²) in [6.07, 6.45) is 1.53. The van der Waals surface area contributed by atoms with Crippen LogP contribution in [0, 0.1) is 0 Å². The van der Waals surface area contributed by atoms with Crippen LogP contribution in [0.5, 0.6) is 5.75 Å². The van der Waals surface area contributed by atoms with Crippen molar-refractivity contribution in [1.29, 1.82) is 0 Å². The monoisotopic (exact) mass is 415 g/mol. The average molecular weight is 416 g/mol. The summed E-state index contributed by atoms with van der Waals surface area (Å²) in [5.41, 5.74) is 2.71. The van der Waals surface area contributed by atoms with E-state index in [4.69, 9.17) is 4.74 Å². The van der Waals surface area contributed by atoms with Gasteiger partial charge in [0.1, 0.15) is 23.7 Å². The lowest BCUT2D eigenvalue weighted by Gasteiger charge is -2.13. The number of hydrogen-bond donors (Lipinski definition) is 1. The molecule has 0 bridgehead atoms. The Bertz CT molecular complexity index is 1130. The highest BCUT2D eigenvalue weighted by atomic mass is 32.2. The first-order chi connectivity index (χ1) is 14.7. The second kappa shape index (κ2) is 9.41. The number of benzene rings is 3. The number of nitrogens with one attached hydrogen (secondary N) is 1. The van der Waals surface area contributed by atoms with Crippen LogP contribution in [0.4, 0.5) is 5.69 Å². The van der Waals surface area contributed by atoms with Gasteiger partial charge in [-0.2, -0.15) is 0 Å². The zero-order valence-electron chi connectivity index (χ0n) is 16.5.